The second kappa shape index (κ2) is 7.74. The Morgan fingerprint density at radius 2 is 1.91 bits per heavy atom. The van der Waals surface area contributed by atoms with Crippen LogP contribution in [-0.2, 0) is 9.53 Å². The van der Waals surface area contributed by atoms with E-state index in [9.17, 15) is 9.18 Å². The summed E-state index contributed by atoms with van der Waals surface area (Å²) in [4.78, 5) is 11.9. The molecule has 2 rings (SSSR count). The summed E-state index contributed by atoms with van der Waals surface area (Å²) in [6.07, 6.45) is 1.82. The molecule has 0 aliphatic rings. The minimum absolute atomic E-state index is 0.305. The first kappa shape index (κ1) is 16.2. The minimum atomic E-state index is -0.462. The van der Waals surface area contributed by atoms with Crippen LogP contribution in [0.1, 0.15) is 38.2 Å². The average molecular weight is 299 g/mol. The zero-order valence-corrected chi connectivity index (χ0v) is 13.0. The zero-order valence-electron chi connectivity index (χ0n) is 13.0. The molecule has 22 heavy (non-hydrogen) atoms. The van der Waals surface area contributed by atoms with Crippen LogP contribution < -0.4 is 0 Å². The summed E-state index contributed by atoms with van der Waals surface area (Å²) in [5, 5.41) is 0. The SMILES string of the molecule is CCCCOC(=O)C([11CH3])c1ccc(-c2ccccc2)c(F)c1. The van der Waals surface area contributed by atoms with Crippen LogP contribution >= 0.6 is 0 Å². The molecule has 0 saturated heterocycles. The highest BCUT2D eigenvalue weighted by Crippen LogP contribution is 2.26. The zero-order chi connectivity index (χ0) is 15.9. The van der Waals surface area contributed by atoms with Crippen molar-refractivity contribution in [3.63, 3.8) is 0 Å². The number of halogens is 1. The van der Waals surface area contributed by atoms with Gasteiger partial charge < -0.3 is 4.74 Å². The second-order valence-electron chi connectivity index (χ2n) is 5.35. The lowest BCUT2D eigenvalue weighted by Gasteiger charge is -2.13. The molecule has 0 N–H and O–H groups in total. The Hall–Kier alpha value is -2.16. The number of hydrogen-bond acceptors (Lipinski definition) is 2. The summed E-state index contributed by atoms with van der Waals surface area (Å²) in [5.41, 5.74) is 2.00. The number of unbranched alkanes of at least 4 members (excludes halogenated alkanes) is 1. The van der Waals surface area contributed by atoms with Gasteiger partial charge in [-0.25, -0.2) is 4.39 Å². The van der Waals surface area contributed by atoms with Crippen molar-refractivity contribution in [3.05, 3.63) is 59.9 Å². The summed E-state index contributed by atoms with van der Waals surface area (Å²) < 4.78 is 19.5. The Kier molecular flexibility index (Phi) is 5.70. The molecule has 0 radical (unpaired) electrons. The van der Waals surface area contributed by atoms with E-state index >= 15 is 0 Å². The van der Waals surface area contributed by atoms with Crippen molar-refractivity contribution in [1.29, 1.82) is 0 Å². The van der Waals surface area contributed by atoms with E-state index in [1.165, 1.54) is 6.07 Å². The maximum atomic E-state index is 14.3. The van der Waals surface area contributed by atoms with E-state index < -0.39 is 5.92 Å². The predicted octanol–water partition coefficient (Wildman–Crippen LogP) is 4.94. The van der Waals surface area contributed by atoms with Crippen LogP contribution in [0.2, 0.25) is 0 Å². The van der Waals surface area contributed by atoms with E-state index in [1.54, 1.807) is 19.1 Å². The fourth-order valence-corrected chi connectivity index (χ4v) is 2.23. The van der Waals surface area contributed by atoms with Crippen LogP contribution in [0.25, 0.3) is 11.1 Å². The van der Waals surface area contributed by atoms with Crippen LogP contribution in [0.15, 0.2) is 48.5 Å². The second-order valence-corrected chi connectivity index (χ2v) is 5.35. The Morgan fingerprint density at radius 3 is 2.55 bits per heavy atom. The van der Waals surface area contributed by atoms with Gasteiger partial charge in [0.1, 0.15) is 5.82 Å². The maximum Gasteiger partial charge on any atom is 0.313 e. The molecule has 2 aromatic carbocycles. The van der Waals surface area contributed by atoms with Gasteiger partial charge in [-0.05, 0) is 30.5 Å². The Labute approximate surface area is 130 Å². The van der Waals surface area contributed by atoms with E-state index in [0.29, 0.717) is 17.7 Å². The molecule has 0 amide bonds. The van der Waals surface area contributed by atoms with Crippen LogP contribution in [0.3, 0.4) is 0 Å². The summed E-state index contributed by atoms with van der Waals surface area (Å²) in [6.45, 7) is 4.20. The number of carbonyl (C=O) groups is 1. The lowest BCUT2D eigenvalue weighted by Crippen LogP contribution is -2.14. The van der Waals surface area contributed by atoms with Gasteiger partial charge in [0.05, 0.1) is 12.5 Å². The molecule has 0 spiro atoms. The van der Waals surface area contributed by atoms with Crippen LogP contribution in [0.5, 0.6) is 0 Å². The van der Waals surface area contributed by atoms with Crippen LogP contribution in [-0.4, -0.2) is 12.6 Å². The highest BCUT2D eigenvalue weighted by Gasteiger charge is 2.18. The monoisotopic (exact) mass is 299 g/mol. The van der Waals surface area contributed by atoms with Gasteiger partial charge in [0.15, 0.2) is 0 Å². The molecule has 116 valence electrons. The molecule has 0 aromatic heterocycles. The smallest absolute Gasteiger partial charge is 0.313 e. The molecule has 2 aromatic rings. The van der Waals surface area contributed by atoms with Crippen molar-refractivity contribution in [2.45, 2.75) is 32.6 Å². The Bertz CT molecular complexity index is 623. The van der Waals surface area contributed by atoms with Crippen LogP contribution in [0.4, 0.5) is 4.39 Å². The fraction of sp³-hybridized carbons (Fsp3) is 0.316. The summed E-state index contributed by atoms with van der Waals surface area (Å²) in [5.74, 6) is -1.09. The van der Waals surface area contributed by atoms with Crippen molar-refractivity contribution in [3.8, 4) is 11.1 Å². The molecule has 0 bridgehead atoms. The number of ether oxygens (including phenoxy) is 1. The van der Waals surface area contributed by atoms with Gasteiger partial charge in [0, 0.05) is 5.56 Å². The quantitative estimate of drug-likeness (QED) is 0.558. The standard InChI is InChI=1S/C19H21FO2/c1-3-4-12-22-19(21)14(2)16-10-11-17(18(20)13-16)15-8-6-5-7-9-15/h5-11,13-14H,3-4,12H2,1-2H3/i2-1. The van der Waals surface area contributed by atoms with Crippen molar-refractivity contribution in [1.82, 2.24) is 0 Å². The van der Waals surface area contributed by atoms with E-state index in [0.717, 1.165) is 18.4 Å². The Morgan fingerprint density at radius 1 is 1.18 bits per heavy atom. The van der Waals surface area contributed by atoms with Gasteiger partial charge in [-0.2, -0.15) is 0 Å². The maximum absolute atomic E-state index is 14.3. The van der Waals surface area contributed by atoms with Gasteiger partial charge >= 0.3 is 5.97 Å². The van der Waals surface area contributed by atoms with Gasteiger partial charge in [-0.3, -0.25) is 4.79 Å². The molecular weight excluding hydrogens is 278 g/mol. The molecule has 0 saturated carbocycles. The molecule has 2 nitrogen and oxygen atoms in total. The number of rotatable bonds is 6. The van der Waals surface area contributed by atoms with E-state index in [1.807, 2.05) is 37.3 Å². The van der Waals surface area contributed by atoms with Crippen molar-refractivity contribution in [2.24, 2.45) is 0 Å². The molecule has 1 unspecified atom stereocenters. The predicted molar refractivity (Wildman–Crippen MR) is 86.1 cm³/mol. The van der Waals surface area contributed by atoms with Gasteiger partial charge in [0.2, 0.25) is 0 Å². The van der Waals surface area contributed by atoms with E-state index in [-0.39, 0.29) is 11.8 Å². The highest BCUT2D eigenvalue weighted by atomic mass is 19.1. The third kappa shape index (κ3) is 3.94. The largest absolute Gasteiger partial charge is 0.465 e. The van der Waals surface area contributed by atoms with Crippen molar-refractivity contribution >= 4 is 5.97 Å². The summed E-state index contributed by atoms with van der Waals surface area (Å²) in [6, 6.07) is 14.3. The topological polar surface area (TPSA) is 26.3 Å². The first-order valence-electron chi connectivity index (χ1n) is 7.65. The molecule has 0 fully saturated rings. The molecule has 3 heteroatoms. The summed E-state index contributed by atoms with van der Waals surface area (Å²) in [7, 11) is 0. The average Bonchev–Trinajstić information content (AvgIpc) is 2.55. The van der Waals surface area contributed by atoms with E-state index in [4.69, 9.17) is 4.74 Å². The molecule has 1 atom stereocenters. The molecule has 0 aliphatic heterocycles. The molecule has 0 heterocycles. The van der Waals surface area contributed by atoms with Crippen molar-refractivity contribution in [2.75, 3.05) is 6.61 Å². The first-order chi connectivity index (χ1) is 10.6. The van der Waals surface area contributed by atoms with Gasteiger partial charge in [-0.1, -0.05) is 55.8 Å². The molecule has 0 aliphatic carbocycles. The minimum Gasteiger partial charge on any atom is -0.465 e. The molecular formula is C19H21FO2. The number of carbonyl (C=O) groups excluding carboxylic acids is 1. The number of benzene rings is 2. The normalized spacial score (nSPS) is 12.0. The third-order valence-corrected chi connectivity index (χ3v) is 3.67. The third-order valence-electron chi connectivity index (χ3n) is 3.67. The number of hydrogen-bond donors (Lipinski definition) is 0. The van der Waals surface area contributed by atoms with Gasteiger partial charge in [-0.15, -0.1) is 0 Å². The first-order valence-corrected chi connectivity index (χ1v) is 7.65. The van der Waals surface area contributed by atoms with Gasteiger partial charge in [0.25, 0.3) is 0 Å². The number of esters is 1. The lowest BCUT2D eigenvalue weighted by molar-refractivity contribution is -0.145. The highest BCUT2D eigenvalue weighted by molar-refractivity contribution is 5.78. The van der Waals surface area contributed by atoms with Crippen molar-refractivity contribution < 1.29 is 13.9 Å². The summed E-state index contributed by atoms with van der Waals surface area (Å²) >= 11 is 0. The van der Waals surface area contributed by atoms with E-state index in [2.05, 4.69) is 0 Å². The van der Waals surface area contributed by atoms with Crippen LogP contribution in [0, 0.1) is 5.82 Å². The Balaban J connectivity index is 2.13. The fourth-order valence-electron chi connectivity index (χ4n) is 2.23. The lowest BCUT2D eigenvalue weighted by atomic mass is 9.86.